The summed E-state index contributed by atoms with van der Waals surface area (Å²) in [7, 11) is 0. The highest BCUT2D eigenvalue weighted by Gasteiger charge is 2.16. The number of aliphatic carboxylic acids is 1. The van der Waals surface area contributed by atoms with Crippen molar-refractivity contribution in [3.63, 3.8) is 0 Å². The zero-order valence-electron chi connectivity index (χ0n) is 7.61. The van der Waals surface area contributed by atoms with Crippen LogP contribution in [0.4, 0.5) is 0 Å². The Kier molecular flexibility index (Phi) is 2.63. The van der Waals surface area contributed by atoms with Gasteiger partial charge in [0.25, 0.3) is 0 Å². The molecular weight excluding hydrogens is 168 g/mol. The van der Waals surface area contributed by atoms with Gasteiger partial charge in [0.2, 0.25) is 0 Å². The fourth-order valence-corrected chi connectivity index (χ4v) is 1.17. The average Bonchev–Trinajstić information content (AvgIpc) is 2.03. The Labute approximate surface area is 76.4 Å². The molecule has 1 unspecified atom stereocenters. The van der Waals surface area contributed by atoms with Gasteiger partial charge in [-0.05, 0) is 25.5 Å². The van der Waals surface area contributed by atoms with E-state index in [9.17, 15) is 4.79 Å². The lowest BCUT2D eigenvalue weighted by Gasteiger charge is -2.09. The molecular formula is C9H12N2O2. The number of aryl methyl sites for hydroxylation is 2. The number of carbonyl (C=O) groups is 1. The van der Waals surface area contributed by atoms with Crippen molar-refractivity contribution in [3.8, 4) is 0 Å². The third-order valence-corrected chi connectivity index (χ3v) is 1.89. The van der Waals surface area contributed by atoms with Gasteiger partial charge in [-0.1, -0.05) is 0 Å². The maximum Gasteiger partial charge on any atom is 0.325 e. The van der Waals surface area contributed by atoms with E-state index in [0.717, 1.165) is 11.3 Å². The van der Waals surface area contributed by atoms with Crippen LogP contribution in [0.2, 0.25) is 0 Å². The van der Waals surface area contributed by atoms with Crippen molar-refractivity contribution in [2.24, 2.45) is 5.73 Å². The fourth-order valence-electron chi connectivity index (χ4n) is 1.17. The molecule has 4 heteroatoms. The second-order valence-corrected chi connectivity index (χ2v) is 3.00. The molecule has 3 N–H and O–H groups in total. The lowest BCUT2D eigenvalue weighted by Crippen LogP contribution is -2.21. The van der Waals surface area contributed by atoms with Crippen LogP contribution in [0.15, 0.2) is 12.3 Å². The SMILES string of the molecule is Cc1cc(C)c(C(N)C(=O)O)cn1. The van der Waals surface area contributed by atoms with E-state index in [1.807, 2.05) is 19.9 Å². The van der Waals surface area contributed by atoms with Crippen LogP contribution < -0.4 is 5.73 Å². The van der Waals surface area contributed by atoms with Crippen LogP contribution in [-0.2, 0) is 4.79 Å². The van der Waals surface area contributed by atoms with Gasteiger partial charge in [0.15, 0.2) is 0 Å². The molecule has 0 saturated carbocycles. The molecule has 1 heterocycles. The predicted molar refractivity (Wildman–Crippen MR) is 48.3 cm³/mol. The highest BCUT2D eigenvalue weighted by molar-refractivity contribution is 5.75. The molecule has 13 heavy (non-hydrogen) atoms. The summed E-state index contributed by atoms with van der Waals surface area (Å²) in [6.45, 7) is 3.68. The smallest absolute Gasteiger partial charge is 0.325 e. The lowest BCUT2D eigenvalue weighted by atomic mass is 10.0. The van der Waals surface area contributed by atoms with Crippen LogP contribution in [0.3, 0.4) is 0 Å². The van der Waals surface area contributed by atoms with E-state index in [1.54, 1.807) is 0 Å². The Bertz CT molecular complexity index is 336. The second kappa shape index (κ2) is 3.53. The van der Waals surface area contributed by atoms with Crippen molar-refractivity contribution >= 4 is 5.97 Å². The average molecular weight is 180 g/mol. The molecule has 0 radical (unpaired) electrons. The summed E-state index contributed by atoms with van der Waals surface area (Å²) < 4.78 is 0. The molecule has 0 aromatic carbocycles. The van der Waals surface area contributed by atoms with Gasteiger partial charge < -0.3 is 10.8 Å². The van der Waals surface area contributed by atoms with Gasteiger partial charge in [-0.2, -0.15) is 0 Å². The van der Waals surface area contributed by atoms with Crippen LogP contribution in [0, 0.1) is 13.8 Å². The normalized spacial score (nSPS) is 12.5. The third kappa shape index (κ3) is 2.03. The molecule has 1 aromatic rings. The van der Waals surface area contributed by atoms with Crippen LogP contribution in [0.25, 0.3) is 0 Å². The fraction of sp³-hybridized carbons (Fsp3) is 0.333. The number of rotatable bonds is 2. The minimum Gasteiger partial charge on any atom is -0.480 e. The molecule has 0 bridgehead atoms. The Morgan fingerprint density at radius 1 is 1.62 bits per heavy atom. The molecule has 70 valence electrons. The molecule has 1 aromatic heterocycles. The monoisotopic (exact) mass is 180 g/mol. The van der Waals surface area contributed by atoms with Gasteiger partial charge in [0.1, 0.15) is 6.04 Å². The summed E-state index contributed by atoms with van der Waals surface area (Å²) in [6, 6.07) is 0.839. The van der Waals surface area contributed by atoms with Crippen molar-refractivity contribution in [3.05, 3.63) is 29.1 Å². The minimum absolute atomic E-state index is 0.568. The van der Waals surface area contributed by atoms with Gasteiger partial charge in [0, 0.05) is 17.5 Å². The van der Waals surface area contributed by atoms with E-state index in [-0.39, 0.29) is 0 Å². The number of hydrogen-bond donors (Lipinski definition) is 2. The van der Waals surface area contributed by atoms with Crippen molar-refractivity contribution in [2.45, 2.75) is 19.9 Å². The molecule has 0 aliphatic heterocycles. The van der Waals surface area contributed by atoms with E-state index in [0.29, 0.717) is 5.56 Å². The van der Waals surface area contributed by atoms with Crippen LogP contribution in [0.5, 0.6) is 0 Å². The number of aromatic nitrogens is 1. The summed E-state index contributed by atoms with van der Waals surface area (Å²) in [6.07, 6.45) is 1.52. The predicted octanol–water partition coefficient (Wildman–Crippen LogP) is 0.783. The summed E-state index contributed by atoms with van der Waals surface area (Å²) in [5, 5.41) is 8.68. The number of nitrogens with two attached hydrogens (primary N) is 1. The van der Waals surface area contributed by atoms with E-state index >= 15 is 0 Å². The Morgan fingerprint density at radius 2 is 2.23 bits per heavy atom. The summed E-state index contributed by atoms with van der Waals surface area (Å²) in [4.78, 5) is 14.6. The van der Waals surface area contributed by atoms with Crippen LogP contribution >= 0.6 is 0 Å². The topological polar surface area (TPSA) is 76.2 Å². The number of carboxylic acids is 1. The highest BCUT2D eigenvalue weighted by Crippen LogP contribution is 2.15. The Balaban J connectivity index is 3.08. The molecule has 1 atom stereocenters. The van der Waals surface area contributed by atoms with Gasteiger partial charge in [0.05, 0.1) is 0 Å². The van der Waals surface area contributed by atoms with Gasteiger partial charge in [-0.3, -0.25) is 9.78 Å². The first kappa shape index (κ1) is 9.67. The second-order valence-electron chi connectivity index (χ2n) is 3.00. The molecule has 0 aliphatic carbocycles. The highest BCUT2D eigenvalue weighted by atomic mass is 16.4. The summed E-state index contributed by atoms with van der Waals surface area (Å²) in [5.74, 6) is -1.03. The quantitative estimate of drug-likeness (QED) is 0.705. The first-order chi connectivity index (χ1) is 6.02. The molecule has 0 aliphatic rings. The Morgan fingerprint density at radius 3 is 2.69 bits per heavy atom. The zero-order valence-corrected chi connectivity index (χ0v) is 7.61. The number of pyridine rings is 1. The largest absolute Gasteiger partial charge is 0.480 e. The van der Waals surface area contributed by atoms with Crippen molar-refractivity contribution in [1.82, 2.24) is 4.98 Å². The van der Waals surface area contributed by atoms with Crippen molar-refractivity contribution in [2.75, 3.05) is 0 Å². The van der Waals surface area contributed by atoms with E-state index in [1.165, 1.54) is 6.20 Å². The van der Waals surface area contributed by atoms with Gasteiger partial charge >= 0.3 is 5.97 Å². The van der Waals surface area contributed by atoms with Gasteiger partial charge in [-0.15, -0.1) is 0 Å². The first-order valence-corrected chi connectivity index (χ1v) is 3.94. The van der Waals surface area contributed by atoms with E-state index in [4.69, 9.17) is 10.8 Å². The van der Waals surface area contributed by atoms with E-state index in [2.05, 4.69) is 4.98 Å². The minimum atomic E-state index is -1.03. The molecule has 1 rings (SSSR count). The molecule has 4 nitrogen and oxygen atoms in total. The molecule has 0 spiro atoms. The lowest BCUT2D eigenvalue weighted by molar-refractivity contribution is -0.138. The van der Waals surface area contributed by atoms with Gasteiger partial charge in [-0.25, -0.2) is 0 Å². The number of carboxylic acid groups (broad SMARTS) is 1. The Hall–Kier alpha value is -1.42. The summed E-state index contributed by atoms with van der Waals surface area (Å²) >= 11 is 0. The zero-order chi connectivity index (χ0) is 10.0. The first-order valence-electron chi connectivity index (χ1n) is 3.94. The number of nitrogens with zero attached hydrogens (tertiary/aromatic N) is 1. The summed E-state index contributed by atoms with van der Waals surface area (Å²) in [5.41, 5.74) is 7.74. The van der Waals surface area contributed by atoms with Crippen molar-refractivity contribution in [1.29, 1.82) is 0 Å². The van der Waals surface area contributed by atoms with Crippen LogP contribution in [-0.4, -0.2) is 16.1 Å². The number of hydrogen-bond acceptors (Lipinski definition) is 3. The molecule has 0 amide bonds. The molecule has 0 saturated heterocycles. The standard InChI is InChI=1S/C9H12N2O2/c1-5-3-6(2)11-4-7(5)8(10)9(12)13/h3-4,8H,10H2,1-2H3,(H,12,13). The third-order valence-electron chi connectivity index (χ3n) is 1.89. The van der Waals surface area contributed by atoms with Crippen LogP contribution in [0.1, 0.15) is 22.9 Å². The maximum absolute atomic E-state index is 10.6. The van der Waals surface area contributed by atoms with Crippen molar-refractivity contribution < 1.29 is 9.90 Å². The van der Waals surface area contributed by atoms with E-state index < -0.39 is 12.0 Å². The maximum atomic E-state index is 10.6. The molecule has 0 fully saturated rings.